The fourth-order valence-electron chi connectivity index (χ4n) is 6.43. The summed E-state index contributed by atoms with van der Waals surface area (Å²) >= 11 is 0. The molecule has 0 fully saturated rings. The zero-order chi connectivity index (χ0) is 27.3. The van der Waals surface area contributed by atoms with Gasteiger partial charge in [0.15, 0.2) is 17.3 Å². The van der Waals surface area contributed by atoms with Crippen molar-refractivity contribution >= 4 is 17.0 Å². The molecule has 2 atom stereocenters. The molecule has 0 saturated carbocycles. The van der Waals surface area contributed by atoms with Gasteiger partial charge in [0.05, 0.1) is 5.56 Å². The van der Waals surface area contributed by atoms with Gasteiger partial charge in [0.2, 0.25) is 0 Å². The Balaban J connectivity index is 1.18. The van der Waals surface area contributed by atoms with Crippen LogP contribution < -0.4 is 11.1 Å². The van der Waals surface area contributed by atoms with E-state index in [4.69, 9.17) is 15.7 Å². The number of benzene rings is 1. The minimum absolute atomic E-state index is 0.352. The van der Waals surface area contributed by atoms with Crippen LogP contribution in [0.2, 0.25) is 0 Å². The number of aryl methyl sites for hydroxylation is 2. The molecule has 2 aliphatic carbocycles. The molecule has 5 heterocycles. The van der Waals surface area contributed by atoms with Crippen LogP contribution in [0.1, 0.15) is 41.1 Å². The maximum Gasteiger partial charge on any atom is 0.167 e. The van der Waals surface area contributed by atoms with Gasteiger partial charge in [-0.3, -0.25) is 9.55 Å². The zero-order valence-corrected chi connectivity index (χ0v) is 22.5. The summed E-state index contributed by atoms with van der Waals surface area (Å²) in [6.07, 6.45) is 14.7. The molecule has 5 aromatic heterocycles. The van der Waals surface area contributed by atoms with Crippen molar-refractivity contribution in [1.82, 2.24) is 39.6 Å². The molecule has 3 N–H and O–H groups in total. The number of nitrogens with zero attached hydrogens (tertiary/aromatic N) is 7. The van der Waals surface area contributed by atoms with E-state index >= 15 is 0 Å². The lowest BCUT2D eigenvalue weighted by molar-refractivity contribution is 0.396. The van der Waals surface area contributed by atoms with Crippen molar-refractivity contribution in [3.05, 3.63) is 108 Å². The number of hydrogen-bond acceptors (Lipinski definition) is 7. The Bertz CT molecular complexity index is 1890. The Kier molecular flexibility index (Phi) is 5.63. The molecular weight excluding hydrogens is 510 g/mol. The van der Waals surface area contributed by atoms with E-state index in [-0.39, 0.29) is 0 Å². The monoisotopic (exact) mass is 539 g/mol. The van der Waals surface area contributed by atoms with Crippen LogP contribution in [0.4, 0.5) is 5.82 Å². The van der Waals surface area contributed by atoms with Crippen LogP contribution in [0.15, 0.2) is 85.6 Å². The molecule has 8 rings (SSSR count). The summed E-state index contributed by atoms with van der Waals surface area (Å²) in [6, 6.07) is 19.4. The van der Waals surface area contributed by atoms with Crippen molar-refractivity contribution in [2.45, 2.75) is 44.2 Å². The molecule has 2 aliphatic rings. The fraction of sp³-hybridized carbons (Fsp3) is 0.219. The summed E-state index contributed by atoms with van der Waals surface area (Å²) in [4.78, 5) is 18.6. The molecule has 1 aromatic carbocycles. The number of nitrogen functional groups attached to an aromatic ring is 1. The lowest BCUT2D eigenvalue weighted by Gasteiger charge is -2.28. The third-order valence-electron chi connectivity index (χ3n) is 8.44. The topological polar surface area (TPSA) is 112 Å². The molecule has 9 nitrogen and oxygen atoms in total. The summed E-state index contributed by atoms with van der Waals surface area (Å²) in [5.41, 5.74) is 15.2. The van der Waals surface area contributed by atoms with Crippen LogP contribution in [-0.2, 0) is 19.3 Å². The number of aromatic nitrogens is 7. The Morgan fingerprint density at radius 1 is 0.878 bits per heavy atom. The SMILES string of the molecule is Nc1ncccc1-c1nc2ccc(-n3cccn3)nc2n1-c1ccc2c(c1)CC[C@@H]2NC1CCc2cnccc2C1. The molecule has 0 aliphatic heterocycles. The van der Waals surface area contributed by atoms with Gasteiger partial charge in [0, 0.05) is 48.8 Å². The first-order valence-corrected chi connectivity index (χ1v) is 14.1. The van der Waals surface area contributed by atoms with E-state index in [0.717, 1.165) is 66.2 Å². The van der Waals surface area contributed by atoms with Gasteiger partial charge < -0.3 is 11.1 Å². The Hall–Kier alpha value is -4.89. The zero-order valence-electron chi connectivity index (χ0n) is 22.5. The van der Waals surface area contributed by atoms with E-state index in [1.54, 1.807) is 17.1 Å². The molecule has 0 saturated heterocycles. The summed E-state index contributed by atoms with van der Waals surface area (Å²) in [6.45, 7) is 0. The highest BCUT2D eigenvalue weighted by molar-refractivity contribution is 5.83. The minimum atomic E-state index is 0.352. The number of hydrogen-bond donors (Lipinski definition) is 2. The highest BCUT2D eigenvalue weighted by Gasteiger charge is 2.28. The number of nitrogens with two attached hydrogens (primary N) is 1. The Morgan fingerprint density at radius 2 is 1.83 bits per heavy atom. The second-order valence-electron chi connectivity index (χ2n) is 10.9. The third kappa shape index (κ3) is 4.17. The lowest BCUT2D eigenvalue weighted by atomic mass is 9.89. The largest absolute Gasteiger partial charge is 0.383 e. The Labute approximate surface area is 237 Å². The second-order valence-corrected chi connectivity index (χ2v) is 10.9. The van der Waals surface area contributed by atoms with Gasteiger partial charge in [-0.05, 0) is 103 Å². The standard InChI is InChI=1S/C32H29N9/c33-30-26(3-1-13-35-30)31-38-28-10-11-29(40-16-2-14-36-40)39-32(28)41(31)24-7-8-25-21(18-24)5-9-27(25)37-23-6-4-22-19-34-15-12-20(22)17-23/h1-3,7-8,10-16,18-19,23,27,37H,4-6,9,17H2,(H2,33,35)/t23?,27-/m0/s1. The molecular formula is C32H29N9. The first-order chi connectivity index (χ1) is 20.2. The number of imidazole rings is 1. The molecule has 6 aromatic rings. The maximum absolute atomic E-state index is 6.34. The van der Waals surface area contributed by atoms with Crippen molar-refractivity contribution in [1.29, 1.82) is 0 Å². The van der Waals surface area contributed by atoms with Crippen molar-refractivity contribution in [2.75, 3.05) is 5.73 Å². The van der Waals surface area contributed by atoms with Gasteiger partial charge in [-0.25, -0.2) is 19.6 Å². The molecule has 1 unspecified atom stereocenters. The van der Waals surface area contributed by atoms with Gasteiger partial charge >= 0.3 is 0 Å². The van der Waals surface area contributed by atoms with E-state index in [1.807, 2.05) is 48.9 Å². The number of fused-ring (bicyclic) bond motifs is 3. The molecule has 41 heavy (non-hydrogen) atoms. The van der Waals surface area contributed by atoms with E-state index < -0.39 is 0 Å². The smallest absolute Gasteiger partial charge is 0.167 e. The van der Waals surface area contributed by atoms with Gasteiger partial charge in [0.1, 0.15) is 11.3 Å². The predicted octanol–water partition coefficient (Wildman–Crippen LogP) is 4.78. The van der Waals surface area contributed by atoms with Crippen molar-refractivity contribution in [3.8, 4) is 22.9 Å². The lowest BCUT2D eigenvalue weighted by Crippen LogP contribution is -2.36. The first-order valence-electron chi connectivity index (χ1n) is 14.1. The van der Waals surface area contributed by atoms with E-state index in [2.05, 4.69) is 49.2 Å². The molecule has 202 valence electrons. The normalized spacial score (nSPS) is 18.0. The van der Waals surface area contributed by atoms with Gasteiger partial charge in [-0.1, -0.05) is 6.07 Å². The maximum atomic E-state index is 6.34. The van der Waals surface area contributed by atoms with Gasteiger partial charge in [0.25, 0.3) is 0 Å². The summed E-state index contributed by atoms with van der Waals surface area (Å²) in [5.74, 6) is 1.88. The van der Waals surface area contributed by atoms with Crippen molar-refractivity contribution in [2.24, 2.45) is 0 Å². The molecule has 0 spiro atoms. The van der Waals surface area contributed by atoms with Crippen molar-refractivity contribution < 1.29 is 0 Å². The third-order valence-corrected chi connectivity index (χ3v) is 8.44. The summed E-state index contributed by atoms with van der Waals surface area (Å²) < 4.78 is 3.86. The highest BCUT2D eigenvalue weighted by Crippen LogP contribution is 2.37. The average molecular weight is 540 g/mol. The number of rotatable bonds is 5. The average Bonchev–Trinajstić information content (AvgIpc) is 3.76. The molecule has 0 amide bonds. The van der Waals surface area contributed by atoms with Crippen LogP contribution in [0.25, 0.3) is 34.1 Å². The van der Waals surface area contributed by atoms with Crippen LogP contribution >= 0.6 is 0 Å². The summed E-state index contributed by atoms with van der Waals surface area (Å²) in [5, 5.41) is 8.36. The predicted molar refractivity (Wildman–Crippen MR) is 158 cm³/mol. The van der Waals surface area contributed by atoms with Crippen molar-refractivity contribution in [3.63, 3.8) is 0 Å². The molecule has 9 heteroatoms. The number of nitrogens with one attached hydrogen (secondary N) is 1. The van der Waals surface area contributed by atoms with Gasteiger partial charge in [-0.2, -0.15) is 5.10 Å². The summed E-state index contributed by atoms with van der Waals surface area (Å²) in [7, 11) is 0. The first kappa shape index (κ1) is 24.0. The van der Waals surface area contributed by atoms with E-state index in [1.165, 1.54) is 22.3 Å². The van der Waals surface area contributed by atoms with Crippen LogP contribution in [0.3, 0.4) is 0 Å². The van der Waals surface area contributed by atoms with E-state index in [9.17, 15) is 0 Å². The fourth-order valence-corrected chi connectivity index (χ4v) is 6.43. The quantitative estimate of drug-likeness (QED) is 0.324. The highest BCUT2D eigenvalue weighted by atomic mass is 15.3. The Morgan fingerprint density at radius 3 is 2.73 bits per heavy atom. The van der Waals surface area contributed by atoms with Gasteiger partial charge in [-0.15, -0.1) is 0 Å². The molecule has 0 bridgehead atoms. The van der Waals surface area contributed by atoms with Crippen LogP contribution in [0, 0.1) is 0 Å². The number of anilines is 1. The minimum Gasteiger partial charge on any atom is -0.383 e. The van der Waals surface area contributed by atoms with Crippen LogP contribution in [-0.4, -0.2) is 40.3 Å². The number of pyridine rings is 3. The van der Waals surface area contributed by atoms with E-state index in [0.29, 0.717) is 17.9 Å². The van der Waals surface area contributed by atoms with Crippen LogP contribution in [0.5, 0.6) is 0 Å². The molecule has 0 radical (unpaired) electrons. The second kappa shape index (κ2) is 9.64.